The molecule has 0 aliphatic carbocycles. The highest BCUT2D eigenvalue weighted by Gasteiger charge is 2.52. The van der Waals surface area contributed by atoms with Gasteiger partial charge in [0, 0.05) is 25.5 Å². The number of alkyl halides is 3. The molecule has 2 aromatic rings. The van der Waals surface area contributed by atoms with Crippen molar-refractivity contribution in [1.29, 1.82) is 0 Å². The Hall–Kier alpha value is -3.70. The van der Waals surface area contributed by atoms with E-state index < -0.39 is 87.8 Å². The second-order valence-electron chi connectivity index (χ2n) is 9.69. The molecule has 3 atom stereocenters. The molecular weight excluding hydrogens is 566 g/mol. The molecule has 3 amide bonds. The minimum Gasteiger partial charge on any atom is -0.487 e. The Morgan fingerprint density at radius 3 is 2.58 bits per heavy atom. The lowest BCUT2D eigenvalue weighted by Gasteiger charge is -2.31. The molecule has 1 aromatic carbocycles. The standard InChI is InChI=1S/C23H25F4N5O7S/c1-11-6-13(4-5-14(11)24)29-19(33)17-18-15(7-31(17)3)40(37,38)30-16-8-32(9-22(16,36)10-39-18)21(35)20(34)28-12(2)23(25,26)27/h4-7,12,16,30,36H,8-10H2,1-3H3,(H,28,34)(H,29,33)/t12-,16+,22-/m1/s1. The van der Waals surface area contributed by atoms with Gasteiger partial charge in [0.15, 0.2) is 11.4 Å². The van der Waals surface area contributed by atoms with Crippen molar-refractivity contribution in [2.45, 2.75) is 42.6 Å². The number of aryl methyl sites for hydroxylation is 2. The SMILES string of the molecule is Cc1cc(NC(=O)c2c3c(cn2C)S(=O)(=O)N[C@H]2CN(C(=O)C(=O)N[C@H](C)C(F)(F)F)C[C@@]2(O)CO3)ccc1F. The van der Waals surface area contributed by atoms with Gasteiger partial charge in [-0.1, -0.05) is 0 Å². The van der Waals surface area contributed by atoms with Crippen LogP contribution in [0, 0.1) is 12.7 Å². The fourth-order valence-electron chi connectivity index (χ4n) is 4.36. The van der Waals surface area contributed by atoms with Gasteiger partial charge in [-0.05, 0) is 37.6 Å². The van der Waals surface area contributed by atoms with Crippen LogP contribution in [0.1, 0.15) is 23.0 Å². The summed E-state index contributed by atoms with van der Waals surface area (Å²) in [5, 5.41) is 15.3. The van der Waals surface area contributed by atoms with Crippen LogP contribution in [0.3, 0.4) is 0 Å². The summed E-state index contributed by atoms with van der Waals surface area (Å²) < 4.78 is 87.5. The Bertz CT molecular complexity index is 1490. The highest BCUT2D eigenvalue weighted by molar-refractivity contribution is 7.89. The summed E-state index contributed by atoms with van der Waals surface area (Å²) in [7, 11) is -3.11. The summed E-state index contributed by atoms with van der Waals surface area (Å²) in [6.07, 6.45) is -3.71. The first-order valence-corrected chi connectivity index (χ1v) is 13.2. The number of carbonyl (C=O) groups is 3. The lowest BCUT2D eigenvalue weighted by Crippen LogP contribution is -2.56. The number of nitrogens with one attached hydrogen (secondary N) is 3. The Morgan fingerprint density at radius 2 is 1.95 bits per heavy atom. The summed E-state index contributed by atoms with van der Waals surface area (Å²) in [5.74, 6) is -4.73. The highest BCUT2D eigenvalue weighted by atomic mass is 32.2. The number of fused-ring (bicyclic) bond motifs is 2. The van der Waals surface area contributed by atoms with Crippen LogP contribution in [-0.4, -0.2) is 84.3 Å². The fraction of sp³-hybridized carbons (Fsp3) is 0.435. The van der Waals surface area contributed by atoms with E-state index >= 15 is 0 Å². The van der Waals surface area contributed by atoms with E-state index in [9.17, 15) is 45.5 Å². The number of nitrogens with zero attached hydrogens (tertiary/aromatic N) is 2. The molecule has 17 heteroatoms. The number of hydrogen-bond donors (Lipinski definition) is 4. The Kier molecular flexibility index (Phi) is 7.35. The molecule has 0 radical (unpaired) electrons. The second kappa shape index (κ2) is 10.0. The van der Waals surface area contributed by atoms with E-state index in [0.717, 1.165) is 12.3 Å². The van der Waals surface area contributed by atoms with Crippen LogP contribution in [-0.2, 0) is 26.7 Å². The number of rotatable bonds is 3. The maximum atomic E-state index is 13.6. The minimum absolute atomic E-state index is 0.215. The zero-order chi connectivity index (χ0) is 29.8. The maximum absolute atomic E-state index is 13.6. The predicted octanol–water partition coefficient (Wildman–Crippen LogP) is 0.405. The van der Waals surface area contributed by atoms with Crippen LogP contribution in [0.4, 0.5) is 23.2 Å². The first kappa shape index (κ1) is 29.3. The van der Waals surface area contributed by atoms with E-state index in [-0.39, 0.29) is 16.9 Å². The van der Waals surface area contributed by atoms with Crippen molar-refractivity contribution in [3.05, 3.63) is 41.5 Å². The number of carbonyl (C=O) groups excluding carboxylic acids is 3. The smallest absolute Gasteiger partial charge is 0.408 e. The van der Waals surface area contributed by atoms with Crippen LogP contribution >= 0.6 is 0 Å². The van der Waals surface area contributed by atoms with Gasteiger partial charge < -0.3 is 29.9 Å². The number of aromatic nitrogens is 1. The fourth-order valence-corrected chi connectivity index (χ4v) is 5.85. The van der Waals surface area contributed by atoms with Crippen molar-refractivity contribution < 1.29 is 50.2 Å². The number of ether oxygens (including phenoxy) is 1. The molecule has 1 fully saturated rings. The number of sulfonamides is 1. The van der Waals surface area contributed by atoms with Gasteiger partial charge in [-0.15, -0.1) is 0 Å². The molecule has 1 saturated heterocycles. The van der Waals surface area contributed by atoms with Gasteiger partial charge in [0.25, 0.3) is 5.91 Å². The number of β-amino-alcohol motifs (C(OH)–C–C–N with tert-alkyl or cyclic N) is 1. The van der Waals surface area contributed by atoms with Crippen LogP contribution in [0.2, 0.25) is 0 Å². The molecule has 3 heterocycles. The third-order valence-electron chi connectivity index (χ3n) is 6.62. The Balaban J connectivity index is 1.58. The Morgan fingerprint density at radius 1 is 1.27 bits per heavy atom. The first-order chi connectivity index (χ1) is 18.4. The number of anilines is 1. The van der Waals surface area contributed by atoms with E-state index in [1.54, 1.807) is 0 Å². The Labute approximate surface area is 225 Å². The molecule has 2 aliphatic rings. The molecule has 40 heavy (non-hydrogen) atoms. The van der Waals surface area contributed by atoms with Crippen molar-refractivity contribution in [3.8, 4) is 5.75 Å². The van der Waals surface area contributed by atoms with E-state index in [1.807, 2.05) is 0 Å². The zero-order valence-electron chi connectivity index (χ0n) is 21.3. The van der Waals surface area contributed by atoms with Crippen molar-refractivity contribution in [1.82, 2.24) is 19.5 Å². The van der Waals surface area contributed by atoms with Gasteiger partial charge >= 0.3 is 18.0 Å². The molecule has 1 aromatic heterocycles. The number of likely N-dealkylation sites (tertiary alicyclic amines) is 1. The van der Waals surface area contributed by atoms with Crippen LogP contribution < -0.4 is 20.1 Å². The van der Waals surface area contributed by atoms with Crippen LogP contribution in [0.25, 0.3) is 0 Å². The monoisotopic (exact) mass is 591 g/mol. The molecule has 0 saturated carbocycles. The number of aliphatic hydroxyl groups is 1. The molecular formula is C23H25F4N5O7S. The van der Waals surface area contributed by atoms with Crippen molar-refractivity contribution in [2.24, 2.45) is 7.05 Å². The maximum Gasteiger partial charge on any atom is 0.408 e. The molecule has 0 bridgehead atoms. The highest BCUT2D eigenvalue weighted by Crippen LogP contribution is 2.36. The van der Waals surface area contributed by atoms with Gasteiger partial charge in [-0.25, -0.2) is 17.5 Å². The van der Waals surface area contributed by atoms with Gasteiger partial charge in [-0.3, -0.25) is 14.4 Å². The summed E-state index contributed by atoms with van der Waals surface area (Å²) >= 11 is 0. The lowest BCUT2D eigenvalue weighted by atomic mass is 10.00. The van der Waals surface area contributed by atoms with Gasteiger partial charge in [-0.2, -0.15) is 13.2 Å². The summed E-state index contributed by atoms with van der Waals surface area (Å²) in [6.45, 7) is 0.257. The average Bonchev–Trinajstić information content (AvgIpc) is 3.35. The number of halogens is 4. The largest absolute Gasteiger partial charge is 0.487 e. The van der Waals surface area contributed by atoms with Gasteiger partial charge in [0.1, 0.15) is 29.0 Å². The van der Waals surface area contributed by atoms with Gasteiger partial charge in [0.05, 0.1) is 12.6 Å². The molecule has 4 N–H and O–H groups in total. The molecule has 218 valence electrons. The molecule has 0 unspecified atom stereocenters. The van der Waals surface area contributed by atoms with Crippen LogP contribution in [0.5, 0.6) is 5.75 Å². The summed E-state index contributed by atoms with van der Waals surface area (Å²) in [4.78, 5) is 38.0. The molecule has 12 nitrogen and oxygen atoms in total. The van der Waals surface area contributed by atoms with Crippen molar-refractivity contribution in [3.63, 3.8) is 0 Å². The average molecular weight is 592 g/mol. The topological polar surface area (TPSA) is 159 Å². The minimum atomic E-state index is -4.81. The summed E-state index contributed by atoms with van der Waals surface area (Å²) in [6, 6.07) is 0.0704. The third-order valence-corrected chi connectivity index (χ3v) is 8.09. The second-order valence-corrected chi connectivity index (χ2v) is 11.4. The third kappa shape index (κ3) is 5.48. The van der Waals surface area contributed by atoms with Crippen LogP contribution in [0.15, 0.2) is 29.3 Å². The van der Waals surface area contributed by atoms with Crippen molar-refractivity contribution >= 4 is 33.4 Å². The number of benzene rings is 1. The molecule has 0 spiro atoms. The first-order valence-electron chi connectivity index (χ1n) is 11.7. The zero-order valence-corrected chi connectivity index (χ0v) is 22.1. The lowest BCUT2D eigenvalue weighted by molar-refractivity contribution is -0.162. The molecule has 2 aliphatic heterocycles. The number of amides is 3. The quantitative estimate of drug-likeness (QED) is 0.297. The summed E-state index contributed by atoms with van der Waals surface area (Å²) in [5.41, 5.74) is -1.91. The van der Waals surface area contributed by atoms with E-state index in [2.05, 4.69) is 10.0 Å². The van der Waals surface area contributed by atoms with Gasteiger partial charge in [0.2, 0.25) is 10.0 Å². The number of hydrogen-bond acceptors (Lipinski definition) is 7. The van der Waals surface area contributed by atoms with E-state index in [1.165, 1.54) is 36.0 Å². The van der Waals surface area contributed by atoms with Crippen molar-refractivity contribution in [2.75, 3.05) is 25.0 Å². The normalized spacial score (nSPS) is 22.7. The van der Waals surface area contributed by atoms with E-state index in [0.29, 0.717) is 11.8 Å². The molecule has 4 rings (SSSR count). The predicted molar refractivity (Wildman–Crippen MR) is 129 cm³/mol. The van der Waals surface area contributed by atoms with E-state index in [4.69, 9.17) is 4.74 Å².